The second-order valence-corrected chi connectivity index (χ2v) is 3.86. The van der Waals surface area contributed by atoms with Crippen LogP contribution < -0.4 is 11.1 Å². The van der Waals surface area contributed by atoms with Crippen LogP contribution in [0, 0.1) is 6.92 Å². The lowest BCUT2D eigenvalue weighted by Crippen LogP contribution is -2.16. The number of carbonyl (C=O) groups excluding carboxylic acids is 1. The number of anilines is 2. The lowest BCUT2D eigenvalue weighted by molar-refractivity contribution is 0.101. The second kappa shape index (κ2) is 4.29. The number of aryl methyl sites for hydroxylation is 2. The highest BCUT2D eigenvalue weighted by molar-refractivity contribution is 6.04. The highest BCUT2D eigenvalue weighted by Gasteiger charge is 2.11. The van der Waals surface area contributed by atoms with E-state index >= 15 is 0 Å². The Labute approximate surface area is 99.3 Å². The van der Waals surface area contributed by atoms with E-state index in [1.54, 1.807) is 36.1 Å². The van der Waals surface area contributed by atoms with Gasteiger partial charge in [-0.3, -0.25) is 9.78 Å². The lowest BCUT2D eigenvalue weighted by Gasteiger charge is -2.07. The largest absolute Gasteiger partial charge is 0.397 e. The van der Waals surface area contributed by atoms with Gasteiger partial charge in [0, 0.05) is 19.4 Å². The Morgan fingerprint density at radius 1 is 1.53 bits per heavy atom. The van der Waals surface area contributed by atoms with Crippen LogP contribution in [-0.4, -0.2) is 15.5 Å². The summed E-state index contributed by atoms with van der Waals surface area (Å²) in [7, 11) is 1.78. The van der Waals surface area contributed by atoms with Gasteiger partial charge in [-0.2, -0.15) is 0 Å². The Bertz CT molecular complexity index is 559. The SMILES string of the molecule is Cc1ncccc1NC(=O)c1cc(N)cn1C. The molecule has 0 atom stereocenters. The highest BCUT2D eigenvalue weighted by atomic mass is 16.1. The van der Waals surface area contributed by atoms with Crippen molar-refractivity contribution < 1.29 is 4.79 Å². The van der Waals surface area contributed by atoms with Crippen LogP contribution in [0.15, 0.2) is 30.6 Å². The maximum atomic E-state index is 12.0. The number of amides is 1. The summed E-state index contributed by atoms with van der Waals surface area (Å²) in [6.07, 6.45) is 3.39. The van der Waals surface area contributed by atoms with Crippen molar-refractivity contribution in [2.45, 2.75) is 6.92 Å². The van der Waals surface area contributed by atoms with Crippen molar-refractivity contribution in [2.75, 3.05) is 11.1 Å². The van der Waals surface area contributed by atoms with E-state index in [2.05, 4.69) is 10.3 Å². The molecule has 2 heterocycles. The van der Waals surface area contributed by atoms with Gasteiger partial charge in [-0.15, -0.1) is 0 Å². The molecule has 0 bridgehead atoms. The first kappa shape index (κ1) is 11.2. The maximum absolute atomic E-state index is 12.0. The molecule has 3 N–H and O–H groups in total. The number of nitrogen functional groups attached to an aromatic ring is 1. The van der Waals surface area contributed by atoms with Crippen LogP contribution in [-0.2, 0) is 7.05 Å². The molecule has 2 aromatic rings. The standard InChI is InChI=1S/C12H14N4O/c1-8-10(4-3-5-14-8)15-12(17)11-6-9(13)7-16(11)2/h3-7H,13H2,1-2H3,(H,15,17). The van der Waals surface area contributed by atoms with Crippen molar-refractivity contribution in [2.24, 2.45) is 7.05 Å². The molecule has 0 radical (unpaired) electrons. The Morgan fingerprint density at radius 3 is 2.88 bits per heavy atom. The van der Waals surface area contributed by atoms with Crippen LogP contribution in [0.5, 0.6) is 0 Å². The first-order valence-corrected chi connectivity index (χ1v) is 5.22. The van der Waals surface area contributed by atoms with Gasteiger partial charge in [0.05, 0.1) is 17.1 Å². The number of carbonyl (C=O) groups is 1. The minimum absolute atomic E-state index is 0.194. The quantitative estimate of drug-likeness (QED) is 0.822. The van der Waals surface area contributed by atoms with Gasteiger partial charge in [0.25, 0.3) is 5.91 Å². The highest BCUT2D eigenvalue weighted by Crippen LogP contribution is 2.14. The van der Waals surface area contributed by atoms with Gasteiger partial charge in [-0.1, -0.05) is 0 Å². The molecule has 0 aliphatic carbocycles. The summed E-state index contributed by atoms with van der Waals surface area (Å²) in [5.41, 5.74) is 8.20. The Balaban J connectivity index is 2.23. The van der Waals surface area contributed by atoms with Gasteiger partial charge in [-0.25, -0.2) is 0 Å². The topological polar surface area (TPSA) is 72.9 Å². The molecule has 0 aliphatic rings. The van der Waals surface area contributed by atoms with E-state index in [9.17, 15) is 4.79 Å². The molecule has 0 fully saturated rings. The van der Waals surface area contributed by atoms with E-state index in [-0.39, 0.29) is 5.91 Å². The van der Waals surface area contributed by atoms with Crippen LogP contribution in [0.25, 0.3) is 0 Å². The number of pyridine rings is 1. The average Bonchev–Trinajstić information content (AvgIpc) is 2.61. The smallest absolute Gasteiger partial charge is 0.272 e. The van der Waals surface area contributed by atoms with Crippen LogP contribution >= 0.6 is 0 Å². The number of aromatic nitrogens is 2. The monoisotopic (exact) mass is 230 g/mol. The van der Waals surface area contributed by atoms with Gasteiger partial charge in [0.15, 0.2) is 0 Å². The number of hydrogen-bond donors (Lipinski definition) is 2. The van der Waals surface area contributed by atoms with E-state index in [1.807, 2.05) is 13.0 Å². The summed E-state index contributed by atoms with van der Waals surface area (Å²) in [5.74, 6) is -0.194. The molecule has 2 rings (SSSR count). The second-order valence-electron chi connectivity index (χ2n) is 3.86. The molecule has 0 spiro atoms. The van der Waals surface area contributed by atoms with Crippen molar-refractivity contribution in [1.29, 1.82) is 0 Å². The van der Waals surface area contributed by atoms with Gasteiger partial charge < -0.3 is 15.6 Å². The van der Waals surface area contributed by atoms with Crippen LogP contribution in [0.2, 0.25) is 0 Å². The van der Waals surface area contributed by atoms with Crippen molar-refractivity contribution in [3.05, 3.63) is 42.0 Å². The fourth-order valence-corrected chi connectivity index (χ4v) is 1.62. The predicted molar refractivity (Wildman–Crippen MR) is 66.8 cm³/mol. The Kier molecular flexibility index (Phi) is 2.82. The zero-order chi connectivity index (χ0) is 12.4. The van der Waals surface area contributed by atoms with E-state index in [0.29, 0.717) is 17.1 Å². The van der Waals surface area contributed by atoms with Crippen molar-refractivity contribution >= 4 is 17.3 Å². The molecule has 0 aliphatic heterocycles. The number of nitrogens with one attached hydrogen (secondary N) is 1. The van der Waals surface area contributed by atoms with Crippen LogP contribution in [0.3, 0.4) is 0 Å². The summed E-state index contributed by atoms with van der Waals surface area (Å²) in [4.78, 5) is 16.1. The predicted octanol–water partition coefficient (Wildman–Crippen LogP) is 1.56. The van der Waals surface area contributed by atoms with E-state index in [4.69, 9.17) is 5.73 Å². The average molecular weight is 230 g/mol. The van der Waals surface area contributed by atoms with E-state index in [1.165, 1.54) is 0 Å². The minimum Gasteiger partial charge on any atom is -0.397 e. The molecular formula is C12H14N4O. The summed E-state index contributed by atoms with van der Waals surface area (Å²) in [6.45, 7) is 1.84. The number of hydrogen-bond acceptors (Lipinski definition) is 3. The summed E-state index contributed by atoms with van der Waals surface area (Å²) < 4.78 is 1.69. The van der Waals surface area contributed by atoms with Gasteiger partial charge in [0.2, 0.25) is 0 Å². The van der Waals surface area contributed by atoms with Gasteiger partial charge in [-0.05, 0) is 25.1 Å². The minimum atomic E-state index is -0.194. The van der Waals surface area contributed by atoms with E-state index < -0.39 is 0 Å². The number of nitrogens with zero attached hydrogens (tertiary/aromatic N) is 2. The van der Waals surface area contributed by atoms with Gasteiger partial charge >= 0.3 is 0 Å². The van der Waals surface area contributed by atoms with Crippen molar-refractivity contribution in [3.63, 3.8) is 0 Å². The molecule has 0 saturated carbocycles. The molecule has 17 heavy (non-hydrogen) atoms. The summed E-state index contributed by atoms with van der Waals surface area (Å²) in [6, 6.07) is 5.23. The first-order chi connectivity index (χ1) is 8.08. The molecule has 0 saturated heterocycles. The molecule has 2 aromatic heterocycles. The number of nitrogens with two attached hydrogens (primary N) is 1. The zero-order valence-corrected chi connectivity index (χ0v) is 9.77. The molecule has 88 valence electrons. The Hall–Kier alpha value is -2.30. The number of rotatable bonds is 2. The molecule has 0 unspecified atom stereocenters. The van der Waals surface area contributed by atoms with Crippen molar-refractivity contribution in [1.82, 2.24) is 9.55 Å². The normalized spacial score (nSPS) is 10.2. The summed E-state index contributed by atoms with van der Waals surface area (Å²) in [5, 5.41) is 2.80. The summed E-state index contributed by atoms with van der Waals surface area (Å²) >= 11 is 0. The lowest BCUT2D eigenvalue weighted by atomic mass is 10.3. The molecule has 1 amide bonds. The van der Waals surface area contributed by atoms with Crippen molar-refractivity contribution in [3.8, 4) is 0 Å². The van der Waals surface area contributed by atoms with Gasteiger partial charge in [0.1, 0.15) is 5.69 Å². The third kappa shape index (κ3) is 2.28. The van der Waals surface area contributed by atoms with Crippen LogP contribution in [0.1, 0.15) is 16.2 Å². The molecular weight excluding hydrogens is 216 g/mol. The zero-order valence-electron chi connectivity index (χ0n) is 9.77. The third-order valence-electron chi connectivity index (χ3n) is 2.51. The Morgan fingerprint density at radius 2 is 2.29 bits per heavy atom. The molecule has 5 nitrogen and oxygen atoms in total. The fraction of sp³-hybridized carbons (Fsp3) is 0.167. The molecule has 0 aromatic carbocycles. The third-order valence-corrected chi connectivity index (χ3v) is 2.51. The van der Waals surface area contributed by atoms with E-state index in [0.717, 1.165) is 5.69 Å². The maximum Gasteiger partial charge on any atom is 0.272 e. The van der Waals surface area contributed by atoms with Crippen LogP contribution in [0.4, 0.5) is 11.4 Å². The fourth-order valence-electron chi connectivity index (χ4n) is 1.62. The molecule has 5 heteroatoms. The first-order valence-electron chi connectivity index (χ1n) is 5.22.